The maximum Gasteiger partial charge on any atom is 0.263 e. The van der Waals surface area contributed by atoms with Crippen molar-refractivity contribution in [2.75, 3.05) is 17.1 Å². The molecule has 0 saturated heterocycles. The van der Waals surface area contributed by atoms with Crippen LogP contribution in [0.5, 0.6) is 5.88 Å². The first kappa shape index (κ1) is 17.4. The molecule has 126 valence electrons. The van der Waals surface area contributed by atoms with E-state index in [1.165, 1.54) is 31.4 Å². The van der Waals surface area contributed by atoms with E-state index in [-0.39, 0.29) is 22.5 Å². The summed E-state index contributed by atoms with van der Waals surface area (Å²) in [5.41, 5.74) is 0.937. The van der Waals surface area contributed by atoms with Crippen molar-refractivity contribution in [3.8, 4) is 5.88 Å². The average Bonchev–Trinajstić information content (AvgIpc) is 2.55. The molecule has 24 heavy (non-hydrogen) atoms. The van der Waals surface area contributed by atoms with Gasteiger partial charge >= 0.3 is 0 Å². The second kappa shape index (κ2) is 7.09. The second-order valence-corrected chi connectivity index (χ2v) is 6.39. The topological polar surface area (TPSA) is 110 Å². The van der Waals surface area contributed by atoms with E-state index in [9.17, 15) is 13.2 Å². The maximum absolute atomic E-state index is 12.5. The zero-order chi connectivity index (χ0) is 17.7. The fourth-order valence-corrected chi connectivity index (χ4v) is 3.12. The van der Waals surface area contributed by atoms with Crippen molar-refractivity contribution in [2.45, 2.75) is 11.8 Å². The van der Waals surface area contributed by atoms with Gasteiger partial charge in [-0.1, -0.05) is 6.58 Å². The van der Waals surface area contributed by atoms with E-state index in [2.05, 4.69) is 26.8 Å². The number of nitrogens with one attached hydrogen (secondary N) is 2. The Morgan fingerprint density at radius 3 is 2.54 bits per heavy atom. The highest BCUT2D eigenvalue weighted by molar-refractivity contribution is 7.92. The summed E-state index contributed by atoms with van der Waals surface area (Å²) < 4.78 is 32.1. The molecule has 1 amide bonds. The fourth-order valence-electron chi connectivity index (χ4n) is 1.90. The summed E-state index contributed by atoms with van der Waals surface area (Å²) in [6, 6.07) is 7.37. The molecular weight excluding hydrogens is 332 g/mol. The van der Waals surface area contributed by atoms with Crippen molar-refractivity contribution >= 4 is 27.4 Å². The van der Waals surface area contributed by atoms with Crippen LogP contribution in [0.1, 0.15) is 5.56 Å². The Labute approximate surface area is 139 Å². The van der Waals surface area contributed by atoms with Crippen molar-refractivity contribution in [1.82, 2.24) is 10.2 Å². The Kier molecular flexibility index (Phi) is 5.14. The lowest BCUT2D eigenvalue weighted by molar-refractivity contribution is -0.111. The number of aryl methyl sites for hydroxylation is 1. The van der Waals surface area contributed by atoms with Crippen LogP contribution < -0.4 is 14.8 Å². The molecule has 9 heteroatoms. The Morgan fingerprint density at radius 2 is 2.00 bits per heavy atom. The van der Waals surface area contributed by atoms with Crippen LogP contribution in [0.3, 0.4) is 0 Å². The Morgan fingerprint density at radius 1 is 1.25 bits per heavy atom. The summed E-state index contributed by atoms with van der Waals surface area (Å²) in [5, 5.41) is 9.99. The monoisotopic (exact) mass is 348 g/mol. The summed E-state index contributed by atoms with van der Waals surface area (Å²) in [7, 11) is -2.41. The number of nitrogens with zero attached hydrogens (tertiary/aromatic N) is 2. The largest absolute Gasteiger partial charge is 0.480 e. The third kappa shape index (κ3) is 4.07. The van der Waals surface area contributed by atoms with Crippen LogP contribution in [0.25, 0.3) is 0 Å². The summed E-state index contributed by atoms with van der Waals surface area (Å²) in [4.78, 5) is 11.3. The van der Waals surface area contributed by atoms with Gasteiger partial charge in [-0.05, 0) is 42.8 Å². The lowest BCUT2D eigenvalue weighted by atomic mass is 10.2. The van der Waals surface area contributed by atoms with Crippen LogP contribution in [-0.4, -0.2) is 31.6 Å². The first-order valence-corrected chi connectivity index (χ1v) is 8.28. The van der Waals surface area contributed by atoms with Crippen LogP contribution in [0, 0.1) is 6.92 Å². The molecule has 0 bridgehead atoms. The number of amides is 1. The van der Waals surface area contributed by atoms with Gasteiger partial charge in [0.1, 0.15) is 0 Å². The molecule has 0 radical (unpaired) electrons. The first-order valence-electron chi connectivity index (χ1n) is 6.80. The quantitative estimate of drug-likeness (QED) is 0.769. The highest BCUT2D eigenvalue weighted by Crippen LogP contribution is 2.22. The van der Waals surface area contributed by atoms with E-state index >= 15 is 0 Å². The third-order valence-electron chi connectivity index (χ3n) is 3.01. The Balaban J connectivity index is 2.24. The third-order valence-corrected chi connectivity index (χ3v) is 4.52. The van der Waals surface area contributed by atoms with E-state index in [4.69, 9.17) is 4.74 Å². The molecule has 0 aliphatic rings. The van der Waals surface area contributed by atoms with Crippen LogP contribution in [0.2, 0.25) is 0 Å². The van der Waals surface area contributed by atoms with Crippen LogP contribution in [0.15, 0.2) is 47.9 Å². The number of ether oxygens (including phenoxy) is 1. The van der Waals surface area contributed by atoms with Crippen LogP contribution in [0.4, 0.5) is 11.5 Å². The molecule has 0 aliphatic carbocycles. The number of rotatable bonds is 6. The van der Waals surface area contributed by atoms with Gasteiger partial charge in [0, 0.05) is 11.8 Å². The number of carbonyl (C=O) groups excluding carboxylic acids is 1. The second-order valence-electron chi connectivity index (χ2n) is 4.74. The van der Waals surface area contributed by atoms with E-state index in [1.807, 2.05) is 0 Å². The molecular formula is C15H16N4O4S. The smallest absolute Gasteiger partial charge is 0.263 e. The predicted octanol–water partition coefficient (Wildman–Crippen LogP) is 1.72. The van der Waals surface area contributed by atoms with E-state index in [0.29, 0.717) is 11.3 Å². The molecule has 2 aromatic rings. The van der Waals surface area contributed by atoms with Gasteiger partial charge in [-0.3, -0.25) is 9.52 Å². The number of methoxy groups -OCH3 is 1. The van der Waals surface area contributed by atoms with E-state index in [0.717, 1.165) is 6.08 Å². The number of carbonyl (C=O) groups is 1. The maximum atomic E-state index is 12.5. The van der Waals surface area contributed by atoms with E-state index < -0.39 is 10.0 Å². The summed E-state index contributed by atoms with van der Waals surface area (Å²) >= 11 is 0. The number of hydrogen-bond acceptors (Lipinski definition) is 6. The van der Waals surface area contributed by atoms with Crippen molar-refractivity contribution in [1.29, 1.82) is 0 Å². The molecule has 1 heterocycles. The van der Waals surface area contributed by atoms with Gasteiger partial charge in [-0.15, -0.1) is 10.2 Å². The molecule has 0 unspecified atom stereocenters. The van der Waals surface area contributed by atoms with Crippen molar-refractivity contribution < 1.29 is 17.9 Å². The van der Waals surface area contributed by atoms with Crippen molar-refractivity contribution in [3.63, 3.8) is 0 Å². The molecule has 0 fully saturated rings. The molecule has 2 rings (SSSR count). The van der Waals surface area contributed by atoms with Crippen molar-refractivity contribution in [3.05, 3.63) is 48.6 Å². The number of sulfonamides is 1. The summed E-state index contributed by atoms with van der Waals surface area (Å²) in [6.45, 7) is 4.98. The van der Waals surface area contributed by atoms with Gasteiger partial charge in [0.05, 0.1) is 12.0 Å². The van der Waals surface area contributed by atoms with Gasteiger partial charge in [-0.2, -0.15) is 0 Å². The molecule has 8 nitrogen and oxygen atoms in total. The lowest BCUT2D eigenvalue weighted by Crippen LogP contribution is -2.16. The minimum absolute atomic E-state index is 0.0664. The number of benzene rings is 1. The highest BCUT2D eigenvalue weighted by Gasteiger charge is 2.18. The van der Waals surface area contributed by atoms with Crippen molar-refractivity contribution in [2.24, 2.45) is 0 Å². The molecule has 2 N–H and O–H groups in total. The SMILES string of the molecule is C=CC(=O)Nc1ccc(S(=O)(=O)Nc2ccc(OC)nn2)c(C)c1. The minimum atomic E-state index is -3.84. The fraction of sp³-hybridized carbons (Fsp3) is 0.133. The highest BCUT2D eigenvalue weighted by atomic mass is 32.2. The van der Waals surface area contributed by atoms with Crippen LogP contribution in [-0.2, 0) is 14.8 Å². The number of aromatic nitrogens is 2. The predicted molar refractivity (Wildman–Crippen MR) is 89.4 cm³/mol. The van der Waals surface area contributed by atoms with E-state index in [1.54, 1.807) is 13.0 Å². The molecule has 0 atom stereocenters. The average molecular weight is 348 g/mol. The summed E-state index contributed by atoms with van der Waals surface area (Å²) in [5.74, 6) is -0.0349. The van der Waals surface area contributed by atoms with Gasteiger partial charge < -0.3 is 10.1 Å². The zero-order valence-corrected chi connectivity index (χ0v) is 13.9. The molecule has 0 aliphatic heterocycles. The minimum Gasteiger partial charge on any atom is -0.480 e. The normalized spacial score (nSPS) is 10.8. The molecule has 1 aromatic heterocycles. The van der Waals surface area contributed by atoms with Crippen LogP contribution >= 0.6 is 0 Å². The molecule has 0 spiro atoms. The van der Waals surface area contributed by atoms with Gasteiger partial charge in [0.15, 0.2) is 5.82 Å². The van der Waals surface area contributed by atoms with Gasteiger partial charge in [0.25, 0.3) is 10.0 Å². The standard InChI is InChI=1S/C15H16N4O4S/c1-4-14(20)16-11-5-6-12(10(2)9-11)24(21,22)19-13-7-8-15(23-3)18-17-13/h4-9H,1H2,2-3H3,(H,16,20)(H,17,19). The van der Waals surface area contributed by atoms with Gasteiger partial charge in [0.2, 0.25) is 11.8 Å². The van der Waals surface area contributed by atoms with Gasteiger partial charge in [-0.25, -0.2) is 8.42 Å². The Hall–Kier alpha value is -2.94. The lowest BCUT2D eigenvalue weighted by Gasteiger charge is -2.11. The zero-order valence-electron chi connectivity index (χ0n) is 13.1. The molecule has 0 saturated carbocycles. The Bertz CT molecular complexity index is 864. The summed E-state index contributed by atoms with van der Waals surface area (Å²) in [6.07, 6.45) is 1.13. The number of anilines is 2. The first-order chi connectivity index (χ1) is 11.4. The molecule has 1 aromatic carbocycles. The number of hydrogen-bond donors (Lipinski definition) is 2.